The molecule has 0 amide bonds. The van der Waals surface area contributed by atoms with E-state index >= 15 is 0 Å². The Morgan fingerprint density at radius 2 is 1.68 bits per heavy atom. The summed E-state index contributed by atoms with van der Waals surface area (Å²) in [5.74, 6) is -0.0678. The first-order valence-corrected chi connectivity index (χ1v) is 8.31. The Morgan fingerprint density at radius 1 is 1.16 bits per heavy atom. The van der Waals surface area contributed by atoms with Crippen molar-refractivity contribution in [1.29, 1.82) is 0 Å². The second-order valence-electron chi connectivity index (χ2n) is 5.29. The highest BCUT2D eigenvalue weighted by Crippen LogP contribution is 2.49. The standard InChI is InChI=1S/C14H23IO4/c1-4-5-6-10-7-14(12(16)18-2,13(17)19-3)8-11(10)9-15/h10-11H,4-9H2,1-3H3/t10-,11-/m0/s1. The number of esters is 2. The van der Waals surface area contributed by atoms with Gasteiger partial charge in [-0.2, -0.15) is 0 Å². The second-order valence-corrected chi connectivity index (χ2v) is 6.17. The van der Waals surface area contributed by atoms with Crippen LogP contribution in [0.3, 0.4) is 0 Å². The van der Waals surface area contributed by atoms with Crippen molar-refractivity contribution < 1.29 is 19.1 Å². The first kappa shape index (κ1) is 16.7. The Bertz CT molecular complexity index is 313. The van der Waals surface area contributed by atoms with E-state index in [2.05, 4.69) is 29.5 Å². The van der Waals surface area contributed by atoms with Gasteiger partial charge in [0, 0.05) is 4.43 Å². The molecule has 4 nitrogen and oxygen atoms in total. The molecule has 2 atom stereocenters. The van der Waals surface area contributed by atoms with Gasteiger partial charge in [0.1, 0.15) is 0 Å². The average Bonchev–Trinajstić information content (AvgIpc) is 2.83. The Morgan fingerprint density at radius 3 is 2.11 bits per heavy atom. The van der Waals surface area contributed by atoms with Crippen molar-refractivity contribution in [2.45, 2.75) is 39.0 Å². The van der Waals surface area contributed by atoms with Crippen LogP contribution < -0.4 is 0 Å². The predicted molar refractivity (Wildman–Crippen MR) is 81.1 cm³/mol. The van der Waals surface area contributed by atoms with Crippen LogP contribution >= 0.6 is 22.6 Å². The van der Waals surface area contributed by atoms with Crippen molar-refractivity contribution in [2.24, 2.45) is 17.3 Å². The molecule has 0 unspecified atom stereocenters. The van der Waals surface area contributed by atoms with Crippen molar-refractivity contribution in [2.75, 3.05) is 18.6 Å². The van der Waals surface area contributed by atoms with Gasteiger partial charge in [-0.3, -0.25) is 9.59 Å². The van der Waals surface area contributed by atoms with Gasteiger partial charge in [-0.15, -0.1) is 0 Å². The topological polar surface area (TPSA) is 52.6 Å². The largest absolute Gasteiger partial charge is 0.468 e. The summed E-state index contributed by atoms with van der Waals surface area (Å²) in [5, 5.41) is 0. The summed E-state index contributed by atoms with van der Waals surface area (Å²) in [6, 6.07) is 0. The van der Waals surface area contributed by atoms with Gasteiger partial charge in [0.05, 0.1) is 14.2 Å². The van der Waals surface area contributed by atoms with Gasteiger partial charge in [0.15, 0.2) is 5.41 Å². The van der Waals surface area contributed by atoms with Gasteiger partial charge in [-0.1, -0.05) is 48.8 Å². The van der Waals surface area contributed by atoms with E-state index in [0.717, 1.165) is 23.7 Å². The maximum absolute atomic E-state index is 12.1. The fourth-order valence-corrected chi connectivity index (χ4v) is 4.13. The molecule has 1 saturated carbocycles. The lowest BCUT2D eigenvalue weighted by molar-refractivity contribution is -0.169. The number of carbonyl (C=O) groups excluding carboxylic acids is 2. The lowest BCUT2D eigenvalue weighted by atomic mass is 9.84. The molecule has 5 heteroatoms. The van der Waals surface area contributed by atoms with Crippen LogP contribution in [0.2, 0.25) is 0 Å². The van der Waals surface area contributed by atoms with E-state index in [-0.39, 0.29) is 0 Å². The number of halogens is 1. The van der Waals surface area contributed by atoms with Gasteiger partial charge >= 0.3 is 11.9 Å². The highest BCUT2D eigenvalue weighted by atomic mass is 127. The molecular formula is C14H23IO4. The van der Waals surface area contributed by atoms with Crippen LogP contribution in [0.5, 0.6) is 0 Å². The Balaban J connectivity index is 2.95. The monoisotopic (exact) mass is 382 g/mol. The maximum atomic E-state index is 12.1. The summed E-state index contributed by atoms with van der Waals surface area (Å²) >= 11 is 2.34. The summed E-state index contributed by atoms with van der Waals surface area (Å²) in [6.45, 7) is 2.15. The molecule has 0 radical (unpaired) electrons. The number of unbranched alkanes of at least 4 members (excludes halogenated alkanes) is 1. The van der Waals surface area contributed by atoms with Gasteiger partial charge in [0.2, 0.25) is 0 Å². The van der Waals surface area contributed by atoms with E-state index in [4.69, 9.17) is 9.47 Å². The molecule has 0 spiro atoms. The van der Waals surface area contributed by atoms with Crippen molar-refractivity contribution in [3.05, 3.63) is 0 Å². The normalized spacial score (nSPS) is 25.1. The Kier molecular flexibility index (Phi) is 6.56. The van der Waals surface area contributed by atoms with E-state index in [1.807, 2.05) is 0 Å². The van der Waals surface area contributed by atoms with Crippen LogP contribution in [0.4, 0.5) is 0 Å². The number of ether oxygens (including phenoxy) is 2. The average molecular weight is 382 g/mol. The summed E-state index contributed by atoms with van der Waals surface area (Å²) in [6.07, 6.45) is 4.47. The van der Waals surface area contributed by atoms with Gasteiger partial charge in [-0.05, 0) is 24.7 Å². The number of rotatable bonds is 6. The Hall–Kier alpha value is -0.330. The zero-order valence-corrected chi connectivity index (χ0v) is 14.1. The maximum Gasteiger partial charge on any atom is 0.323 e. The molecule has 0 aromatic carbocycles. The third-order valence-corrected chi connectivity index (χ3v) is 5.30. The Labute approximate surface area is 128 Å². The smallest absolute Gasteiger partial charge is 0.323 e. The van der Waals surface area contributed by atoms with Crippen molar-refractivity contribution in [3.8, 4) is 0 Å². The second kappa shape index (κ2) is 7.45. The molecule has 1 aliphatic carbocycles. The molecule has 0 heterocycles. The molecule has 0 saturated heterocycles. The molecule has 0 aromatic heterocycles. The lowest BCUT2D eigenvalue weighted by Crippen LogP contribution is -2.39. The fourth-order valence-electron chi connectivity index (χ4n) is 3.10. The summed E-state index contributed by atoms with van der Waals surface area (Å²) in [7, 11) is 2.68. The zero-order chi connectivity index (χ0) is 14.5. The minimum Gasteiger partial charge on any atom is -0.468 e. The van der Waals surface area contributed by atoms with Crippen LogP contribution in [0.25, 0.3) is 0 Å². The SMILES string of the molecule is CCCC[C@H]1CC(C(=O)OC)(C(=O)OC)C[C@H]1CI. The predicted octanol–water partition coefficient (Wildman–Crippen LogP) is 2.97. The molecule has 0 aromatic rings. The van der Waals surface area contributed by atoms with Gasteiger partial charge in [0.25, 0.3) is 0 Å². The van der Waals surface area contributed by atoms with Crippen LogP contribution in [0.15, 0.2) is 0 Å². The van der Waals surface area contributed by atoms with Crippen LogP contribution in [-0.4, -0.2) is 30.6 Å². The molecular weight excluding hydrogens is 359 g/mol. The number of alkyl halides is 1. The minimum atomic E-state index is -1.07. The zero-order valence-electron chi connectivity index (χ0n) is 11.9. The molecule has 0 aliphatic heterocycles. The third-order valence-electron chi connectivity index (χ3n) is 4.17. The van der Waals surface area contributed by atoms with Crippen molar-refractivity contribution in [1.82, 2.24) is 0 Å². The van der Waals surface area contributed by atoms with Gasteiger partial charge < -0.3 is 9.47 Å². The molecule has 1 fully saturated rings. The summed E-state index contributed by atoms with van der Waals surface area (Å²) in [5.41, 5.74) is -1.07. The van der Waals surface area contributed by atoms with Crippen LogP contribution in [0, 0.1) is 17.3 Å². The third kappa shape index (κ3) is 3.41. The van der Waals surface area contributed by atoms with Gasteiger partial charge in [-0.25, -0.2) is 0 Å². The molecule has 1 aliphatic rings. The highest BCUT2D eigenvalue weighted by molar-refractivity contribution is 14.1. The van der Waals surface area contributed by atoms with Crippen molar-refractivity contribution >= 4 is 34.5 Å². The molecule has 1 rings (SSSR count). The number of methoxy groups -OCH3 is 2. The van der Waals surface area contributed by atoms with Crippen LogP contribution in [0.1, 0.15) is 39.0 Å². The summed E-state index contributed by atoms with van der Waals surface area (Å²) in [4.78, 5) is 24.2. The molecule has 110 valence electrons. The molecule has 0 bridgehead atoms. The van der Waals surface area contributed by atoms with E-state index in [9.17, 15) is 9.59 Å². The summed E-state index contributed by atoms with van der Waals surface area (Å²) < 4.78 is 10.7. The quantitative estimate of drug-likeness (QED) is 0.307. The van der Waals surface area contributed by atoms with Crippen molar-refractivity contribution in [3.63, 3.8) is 0 Å². The lowest BCUT2D eigenvalue weighted by Gasteiger charge is -2.23. The number of hydrogen-bond donors (Lipinski definition) is 0. The van der Waals surface area contributed by atoms with Crippen LogP contribution in [-0.2, 0) is 19.1 Å². The number of hydrogen-bond acceptors (Lipinski definition) is 4. The minimum absolute atomic E-state index is 0.394. The van der Waals surface area contributed by atoms with E-state index in [1.54, 1.807) is 0 Å². The fraction of sp³-hybridized carbons (Fsp3) is 0.857. The van der Waals surface area contributed by atoms with E-state index in [0.29, 0.717) is 24.7 Å². The first-order valence-electron chi connectivity index (χ1n) is 6.78. The van der Waals surface area contributed by atoms with E-state index < -0.39 is 17.4 Å². The van der Waals surface area contributed by atoms with E-state index in [1.165, 1.54) is 14.2 Å². The molecule has 19 heavy (non-hydrogen) atoms. The first-order chi connectivity index (χ1) is 9.05. The molecule has 0 N–H and O–H groups in total. The number of carbonyl (C=O) groups is 2. The highest BCUT2D eigenvalue weighted by Gasteiger charge is 2.56.